The number of hydrogen-bond acceptors (Lipinski definition) is 5. The Bertz CT molecular complexity index is 765. The van der Waals surface area contributed by atoms with Gasteiger partial charge in [0.25, 0.3) is 0 Å². The van der Waals surface area contributed by atoms with E-state index in [2.05, 4.69) is 28.9 Å². The Morgan fingerprint density at radius 2 is 2.15 bits per heavy atom. The number of halogens is 1. The van der Waals surface area contributed by atoms with Gasteiger partial charge < -0.3 is 9.64 Å². The number of ether oxygens (including phenoxy) is 1. The molecule has 0 saturated carbocycles. The molecule has 1 aliphatic rings. The molecule has 0 amide bonds. The summed E-state index contributed by atoms with van der Waals surface area (Å²) >= 11 is 0. The van der Waals surface area contributed by atoms with E-state index >= 15 is 0 Å². The van der Waals surface area contributed by atoms with Crippen molar-refractivity contribution in [1.82, 2.24) is 19.8 Å². The third kappa shape index (κ3) is 4.19. The maximum atomic E-state index is 13.7. The van der Waals surface area contributed by atoms with Gasteiger partial charge in [-0.05, 0) is 58.1 Å². The summed E-state index contributed by atoms with van der Waals surface area (Å²) in [7, 11) is 5.61. The summed E-state index contributed by atoms with van der Waals surface area (Å²) in [5.41, 5.74) is 3.35. The summed E-state index contributed by atoms with van der Waals surface area (Å²) in [5, 5.41) is 0. The van der Waals surface area contributed by atoms with Crippen molar-refractivity contribution in [2.75, 3.05) is 27.7 Å². The van der Waals surface area contributed by atoms with Crippen molar-refractivity contribution in [3.63, 3.8) is 0 Å². The summed E-state index contributed by atoms with van der Waals surface area (Å²) in [5.74, 6) is 0.774. The Labute approximate surface area is 154 Å². The normalized spacial score (nSPS) is 17.8. The highest BCUT2D eigenvalue weighted by Crippen LogP contribution is 2.34. The van der Waals surface area contributed by atoms with Crippen LogP contribution in [0, 0.1) is 12.7 Å². The first-order valence-corrected chi connectivity index (χ1v) is 9.01. The number of likely N-dealkylation sites (tertiary alicyclic amines) is 1. The molecular weight excluding hydrogens is 331 g/mol. The summed E-state index contributed by atoms with van der Waals surface area (Å²) in [6.45, 7) is 4.53. The first-order valence-electron chi connectivity index (χ1n) is 9.01. The van der Waals surface area contributed by atoms with Crippen molar-refractivity contribution < 1.29 is 9.13 Å². The number of nitrogens with zero attached hydrogens (tertiary/aromatic N) is 4. The van der Waals surface area contributed by atoms with Gasteiger partial charge in [0.2, 0.25) is 0 Å². The van der Waals surface area contributed by atoms with Crippen LogP contribution in [0.15, 0.2) is 24.4 Å². The van der Waals surface area contributed by atoms with Crippen LogP contribution < -0.4 is 4.74 Å². The summed E-state index contributed by atoms with van der Waals surface area (Å²) in [6.07, 6.45) is 4.16. The molecule has 0 spiro atoms. The quantitative estimate of drug-likeness (QED) is 0.792. The SMILES string of the molecule is COc1cc(CN2CCC[C@H]2c2nc(C)ncc2CN(C)C)ccc1F. The third-order valence-electron chi connectivity index (χ3n) is 4.79. The maximum Gasteiger partial charge on any atom is 0.165 e. The number of aryl methyl sites for hydroxylation is 1. The molecular formula is C20H27FN4O. The molecule has 1 aromatic heterocycles. The van der Waals surface area contributed by atoms with Crippen LogP contribution in [0.5, 0.6) is 5.75 Å². The largest absolute Gasteiger partial charge is 0.494 e. The fraction of sp³-hybridized carbons (Fsp3) is 0.500. The van der Waals surface area contributed by atoms with Gasteiger partial charge in [-0.25, -0.2) is 14.4 Å². The van der Waals surface area contributed by atoms with E-state index in [0.29, 0.717) is 5.75 Å². The maximum absolute atomic E-state index is 13.7. The minimum absolute atomic E-state index is 0.266. The highest BCUT2D eigenvalue weighted by Gasteiger charge is 2.29. The number of rotatable bonds is 6. The van der Waals surface area contributed by atoms with Crippen LogP contribution in [-0.2, 0) is 13.1 Å². The zero-order valence-electron chi connectivity index (χ0n) is 16.0. The lowest BCUT2D eigenvalue weighted by molar-refractivity contribution is 0.240. The highest BCUT2D eigenvalue weighted by atomic mass is 19.1. The van der Waals surface area contributed by atoms with E-state index < -0.39 is 0 Å². The van der Waals surface area contributed by atoms with E-state index in [4.69, 9.17) is 9.72 Å². The number of hydrogen-bond donors (Lipinski definition) is 0. The third-order valence-corrected chi connectivity index (χ3v) is 4.79. The average Bonchev–Trinajstić information content (AvgIpc) is 3.05. The molecule has 3 rings (SSSR count). The van der Waals surface area contributed by atoms with Crippen molar-refractivity contribution in [3.8, 4) is 5.75 Å². The molecule has 1 aliphatic heterocycles. The molecule has 1 fully saturated rings. The van der Waals surface area contributed by atoms with Crippen LogP contribution in [0.1, 0.15) is 41.5 Å². The van der Waals surface area contributed by atoms with Gasteiger partial charge in [0.05, 0.1) is 18.8 Å². The van der Waals surface area contributed by atoms with Gasteiger partial charge in [0.15, 0.2) is 11.6 Å². The Morgan fingerprint density at radius 1 is 1.35 bits per heavy atom. The molecule has 6 heteroatoms. The average molecular weight is 358 g/mol. The molecule has 2 heterocycles. The van der Waals surface area contributed by atoms with Gasteiger partial charge in [0, 0.05) is 24.8 Å². The molecule has 0 unspecified atom stereocenters. The molecule has 2 aromatic rings. The van der Waals surface area contributed by atoms with Crippen LogP contribution >= 0.6 is 0 Å². The minimum atomic E-state index is -0.325. The fourth-order valence-electron chi connectivity index (χ4n) is 3.63. The van der Waals surface area contributed by atoms with E-state index in [9.17, 15) is 4.39 Å². The standard InChI is InChI=1S/C20H27FN4O/c1-14-22-11-16(13-24(2)3)20(23-14)18-6-5-9-25(18)12-15-7-8-17(21)19(10-15)26-4/h7-8,10-11,18H,5-6,9,12-13H2,1-4H3/t18-/m0/s1. The monoisotopic (exact) mass is 358 g/mol. The van der Waals surface area contributed by atoms with Crippen LogP contribution in [-0.4, -0.2) is 47.5 Å². The molecule has 0 bridgehead atoms. The Hall–Kier alpha value is -2.05. The number of aromatic nitrogens is 2. The molecule has 1 saturated heterocycles. The van der Waals surface area contributed by atoms with E-state index in [0.717, 1.165) is 49.6 Å². The second kappa shape index (κ2) is 8.10. The van der Waals surface area contributed by atoms with E-state index in [1.165, 1.54) is 18.7 Å². The second-order valence-electron chi connectivity index (χ2n) is 7.16. The highest BCUT2D eigenvalue weighted by molar-refractivity contribution is 5.31. The van der Waals surface area contributed by atoms with Gasteiger partial charge in [-0.3, -0.25) is 4.90 Å². The summed E-state index contributed by atoms with van der Waals surface area (Å²) < 4.78 is 18.8. The summed E-state index contributed by atoms with van der Waals surface area (Å²) in [4.78, 5) is 13.7. The lowest BCUT2D eigenvalue weighted by Gasteiger charge is -2.26. The molecule has 5 nitrogen and oxygen atoms in total. The van der Waals surface area contributed by atoms with Crippen molar-refractivity contribution in [1.29, 1.82) is 0 Å². The smallest absolute Gasteiger partial charge is 0.165 e. The minimum Gasteiger partial charge on any atom is -0.494 e. The first-order chi connectivity index (χ1) is 12.5. The van der Waals surface area contributed by atoms with Gasteiger partial charge >= 0.3 is 0 Å². The van der Waals surface area contributed by atoms with Crippen molar-refractivity contribution in [3.05, 3.63) is 52.9 Å². The predicted molar refractivity (Wildman–Crippen MR) is 99.5 cm³/mol. The van der Waals surface area contributed by atoms with E-state index in [1.54, 1.807) is 6.07 Å². The zero-order valence-corrected chi connectivity index (χ0v) is 16.0. The van der Waals surface area contributed by atoms with E-state index in [1.807, 2.05) is 19.2 Å². The van der Waals surface area contributed by atoms with Gasteiger partial charge in [-0.15, -0.1) is 0 Å². The van der Waals surface area contributed by atoms with Gasteiger partial charge in [-0.2, -0.15) is 0 Å². The summed E-state index contributed by atoms with van der Waals surface area (Å²) in [6, 6.07) is 5.37. The molecule has 140 valence electrons. The number of benzene rings is 1. The van der Waals surface area contributed by atoms with Crippen LogP contribution in [0.25, 0.3) is 0 Å². The van der Waals surface area contributed by atoms with Crippen LogP contribution in [0.2, 0.25) is 0 Å². The lowest BCUT2D eigenvalue weighted by Crippen LogP contribution is -2.26. The van der Waals surface area contributed by atoms with E-state index in [-0.39, 0.29) is 11.9 Å². The first kappa shape index (κ1) is 18.7. The Morgan fingerprint density at radius 3 is 2.88 bits per heavy atom. The van der Waals surface area contributed by atoms with Crippen molar-refractivity contribution in [2.24, 2.45) is 0 Å². The van der Waals surface area contributed by atoms with Gasteiger partial charge in [-0.1, -0.05) is 6.07 Å². The Kier molecular flexibility index (Phi) is 5.84. The molecule has 0 aliphatic carbocycles. The van der Waals surface area contributed by atoms with Crippen molar-refractivity contribution in [2.45, 2.75) is 38.9 Å². The lowest BCUT2D eigenvalue weighted by atomic mass is 10.0. The van der Waals surface area contributed by atoms with Crippen LogP contribution in [0.4, 0.5) is 4.39 Å². The zero-order chi connectivity index (χ0) is 18.7. The van der Waals surface area contributed by atoms with Gasteiger partial charge in [0.1, 0.15) is 5.82 Å². The predicted octanol–water partition coefficient (Wildman–Crippen LogP) is 3.33. The molecule has 0 radical (unpaired) electrons. The fourth-order valence-corrected chi connectivity index (χ4v) is 3.63. The van der Waals surface area contributed by atoms with Crippen molar-refractivity contribution >= 4 is 0 Å². The second-order valence-corrected chi connectivity index (χ2v) is 7.16. The topological polar surface area (TPSA) is 41.5 Å². The number of methoxy groups -OCH3 is 1. The molecule has 0 N–H and O–H groups in total. The Balaban J connectivity index is 1.85. The molecule has 1 aromatic carbocycles. The molecule has 26 heavy (non-hydrogen) atoms. The molecule has 1 atom stereocenters. The van der Waals surface area contributed by atoms with Crippen LogP contribution in [0.3, 0.4) is 0 Å².